The minimum atomic E-state index is -0.619. The van der Waals surface area contributed by atoms with Gasteiger partial charge < -0.3 is 15.2 Å². The smallest absolute Gasteiger partial charge is 0.214 e. The zero-order valence-electron chi connectivity index (χ0n) is 10.8. The van der Waals surface area contributed by atoms with E-state index in [0.717, 1.165) is 43.1 Å². The van der Waals surface area contributed by atoms with Gasteiger partial charge in [0.1, 0.15) is 0 Å². The van der Waals surface area contributed by atoms with Gasteiger partial charge in [-0.05, 0) is 32.9 Å². The lowest BCUT2D eigenvalue weighted by Gasteiger charge is -2.32. The van der Waals surface area contributed by atoms with E-state index in [9.17, 15) is 5.11 Å². The van der Waals surface area contributed by atoms with Crippen LogP contribution < -0.4 is 10.1 Å². The minimum absolute atomic E-state index is 0.619. The second kappa shape index (κ2) is 4.66. The highest BCUT2D eigenvalue weighted by Gasteiger charge is 2.32. The first-order valence-corrected chi connectivity index (χ1v) is 6.05. The summed E-state index contributed by atoms with van der Waals surface area (Å²) in [6.07, 6.45) is 2.19. The molecule has 1 aliphatic heterocycles. The number of ether oxygens (including phenoxy) is 1. The zero-order valence-corrected chi connectivity index (χ0v) is 10.8. The second-order valence-corrected chi connectivity index (χ2v) is 4.85. The van der Waals surface area contributed by atoms with E-state index in [2.05, 4.69) is 10.4 Å². The Labute approximate surface area is 102 Å². The average molecular weight is 239 g/mol. The highest BCUT2D eigenvalue weighted by Crippen LogP contribution is 2.30. The van der Waals surface area contributed by atoms with Crippen LogP contribution in [0.3, 0.4) is 0 Å². The number of aliphatic hydroxyl groups is 1. The number of aromatic nitrogens is 2. The molecule has 0 saturated carbocycles. The van der Waals surface area contributed by atoms with Crippen molar-refractivity contribution in [2.75, 3.05) is 20.2 Å². The molecule has 2 rings (SSSR count). The van der Waals surface area contributed by atoms with Gasteiger partial charge in [-0.1, -0.05) is 0 Å². The van der Waals surface area contributed by atoms with Crippen molar-refractivity contribution in [2.45, 2.75) is 31.8 Å². The molecule has 0 radical (unpaired) electrons. The Morgan fingerprint density at radius 2 is 2.12 bits per heavy atom. The van der Waals surface area contributed by atoms with Crippen LogP contribution in [-0.2, 0) is 13.5 Å². The Balaban J connectivity index is 2.22. The third-order valence-electron chi connectivity index (χ3n) is 3.52. The van der Waals surface area contributed by atoms with Crippen LogP contribution in [0.4, 0.5) is 0 Å². The van der Waals surface area contributed by atoms with Gasteiger partial charge in [0.25, 0.3) is 0 Å². The van der Waals surface area contributed by atoms with E-state index in [1.807, 2.05) is 14.0 Å². The van der Waals surface area contributed by atoms with Crippen LogP contribution in [0.1, 0.15) is 24.1 Å². The van der Waals surface area contributed by atoms with E-state index >= 15 is 0 Å². The number of hydrogen-bond donors (Lipinski definition) is 2. The maximum Gasteiger partial charge on any atom is 0.214 e. The molecule has 5 nitrogen and oxygen atoms in total. The number of nitrogens with zero attached hydrogens (tertiary/aromatic N) is 2. The molecular formula is C12H21N3O2. The molecule has 0 spiro atoms. The molecule has 0 unspecified atom stereocenters. The molecule has 2 heterocycles. The van der Waals surface area contributed by atoms with E-state index in [1.54, 1.807) is 11.8 Å². The zero-order chi connectivity index (χ0) is 12.5. The SMILES string of the molecule is COc1c(CC2(O)CCNCC2)c(C)nn1C. The number of aryl methyl sites for hydroxylation is 2. The largest absolute Gasteiger partial charge is 0.481 e. The number of rotatable bonds is 3. The maximum atomic E-state index is 10.5. The average Bonchev–Trinajstić information content (AvgIpc) is 2.54. The van der Waals surface area contributed by atoms with Gasteiger partial charge in [-0.25, -0.2) is 4.68 Å². The van der Waals surface area contributed by atoms with E-state index in [-0.39, 0.29) is 0 Å². The van der Waals surface area contributed by atoms with Gasteiger partial charge in [0.2, 0.25) is 5.88 Å². The standard InChI is InChI=1S/C12H21N3O2/c1-9-10(11(17-3)15(2)14-9)8-12(16)4-6-13-7-5-12/h13,16H,4-8H2,1-3H3. The second-order valence-electron chi connectivity index (χ2n) is 4.85. The maximum absolute atomic E-state index is 10.5. The van der Waals surface area contributed by atoms with E-state index in [0.29, 0.717) is 6.42 Å². The summed E-state index contributed by atoms with van der Waals surface area (Å²) >= 11 is 0. The fraction of sp³-hybridized carbons (Fsp3) is 0.750. The fourth-order valence-electron chi connectivity index (χ4n) is 2.54. The number of hydrogen-bond acceptors (Lipinski definition) is 4. The molecule has 96 valence electrons. The predicted molar refractivity (Wildman–Crippen MR) is 65.3 cm³/mol. The van der Waals surface area contributed by atoms with Crippen molar-refractivity contribution in [3.05, 3.63) is 11.3 Å². The van der Waals surface area contributed by atoms with E-state index in [1.165, 1.54) is 0 Å². The summed E-state index contributed by atoms with van der Waals surface area (Å²) in [7, 11) is 3.51. The highest BCUT2D eigenvalue weighted by atomic mass is 16.5. The van der Waals surface area contributed by atoms with Gasteiger partial charge >= 0.3 is 0 Å². The Bertz CT molecular complexity index is 395. The van der Waals surface area contributed by atoms with Crippen LogP contribution >= 0.6 is 0 Å². The van der Waals surface area contributed by atoms with Gasteiger partial charge in [0, 0.05) is 19.0 Å². The molecule has 0 amide bonds. The van der Waals surface area contributed by atoms with Crippen LogP contribution in [0.15, 0.2) is 0 Å². The molecule has 0 aromatic carbocycles. The predicted octanol–water partition coefficient (Wildman–Crippen LogP) is 0.394. The Hall–Kier alpha value is -1.07. The van der Waals surface area contributed by atoms with Crippen LogP contribution in [0.25, 0.3) is 0 Å². The molecule has 0 aliphatic carbocycles. The Kier molecular flexibility index (Phi) is 3.40. The van der Waals surface area contributed by atoms with Gasteiger partial charge in [-0.15, -0.1) is 0 Å². The van der Waals surface area contributed by atoms with Gasteiger partial charge in [-0.2, -0.15) is 5.10 Å². The van der Waals surface area contributed by atoms with Gasteiger partial charge in [-0.3, -0.25) is 0 Å². The minimum Gasteiger partial charge on any atom is -0.481 e. The monoisotopic (exact) mass is 239 g/mol. The molecule has 1 aliphatic rings. The molecule has 1 aromatic heterocycles. The number of methoxy groups -OCH3 is 1. The molecule has 5 heteroatoms. The first-order valence-electron chi connectivity index (χ1n) is 6.05. The molecule has 0 bridgehead atoms. The van der Waals surface area contributed by atoms with Crippen molar-refractivity contribution in [1.29, 1.82) is 0 Å². The molecule has 0 atom stereocenters. The number of nitrogens with one attached hydrogen (secondary N) is 1. The lowest BCUT2D eigenvalue weighted by molar-refractivity contribution is 0.0102. The lowest BCUT2D eigenvalue weighted by atomic mass is 9.86. The van der Waals surface area contributed by atoms with Crippen molar-refractivity contribution < 1.29 is 9.84 Å². The molecule has 2 N–H and O–H groups in total. The summed E-state index contributed by atoms with van der Waals surface area (Å²) in [4.78, 5) is 0. The molecule has 17 heavy (non-hydrogen) atoms. The molecule has 1 saturated heterocycles. The number of piperidine rings is 1. The summed E-state index contributed by atoms with van der Waals surface area (Å²) in [5, 5.41) is 18.2. The van der Waals surface area contributed by atoms with Crippen molar-refractivity contribution in [3.8, 4) is 5.88 Å². The van der Waals surface area contributed by atoms with E-state index < -0.39 is 5.60 Å². The quantitative estimate of drug-likeness (QED) is 0.801. The van der Waals surface area contributed by atoms with Gasteiger partial charge in [0.05, 0.1) is 18.4 Å². The Morgan fingerprint density at radius 1 is 1.47 bits per heavy atom. The van der Waals surface area contributed by atoms with Crippen molar-refractivity contribution in [2.24, 2.45) is 7.05 Å². The summed E-state index contributed by atoms with van der Waals surface area (Å²) in [5.41, 5.74) is 1.35. The molecular weight excluding hydrogens is 218 g/mol. The van der Waals surface area contributed by atoms with E-state index in [4.69, 9.17) is 4.74 Å². The van der Waals surface area contributed by atoms with Crippen LogP contribution in [0.5, 0.6) is 5.88 Å². The Morgan fingerprint density at radius 3 is 2.71 bits per heavy atom. The van der Waals surface area contributed by atoms with Crippen LogP contribution in [0.2, 0.25) is 0 Å². The summed E-state index contributed by atoms with van der Waals surface area (Å²) in [6, 6.07) is 0. The molecule has 1 fully saturated rings. The molecule has 1 aromatic rings. The van der Waals surface area contributed by atoms with Crippen molar-refractivity contribution >= 4 is 0 Å². The first-order chi connectivity index (χ1) is 8.06. The topological polar surface area (TPSA) is 59.3 Å². The summed E-state index contributed by atoms with van der Waals surface area (Å²) < 4.78 is 7.09. The summed E-state index contributed by atoms with van der Waals surface area (Å²) in [5.74, 6) is 0.759. The fourth-order valence-corrected chi connectivity index (χ4v) is 2.54. The normalized spacial score (nSPS) is 19.3. The third kappa shape index (κ3) is 2.45. The first kappa shape index (κ1) is 12.4. The van der Waals surface area contributed by atoms with Crippen LogP contribution in [0, 0.1) is 6.92 Å². The lowest BCUT2D eigenvalue weighted by Crippen LogP contribution is -2.43. The highest BCUT2D eigenvalue weighted by molar-refractivity contribution is 5.32. The van der Waals surface area contributed by atoms with Gasteiger partial charge in [0.15, 0.2) is 0 Å². The third-order valence-corrected chi connectivity index (χ3v) is 3.52. The van der Waals surface area contributed by atoms with Crippen molar-refractivity contribution in [3.63, 3.8) is 0 Å². The van der Waals surface area contributed by atoms with Crippen LogP contribution in [-0.4, -0.2) is 40.7 Å². The van der Waals surface area contributed by atoms with Crippen molar-refractivity contribution in [1.82, 2.24) is 15.1 Å². The summed E-state index contributed by atoms with van der Waals surface area (Å²) in [6.45, 7) is 3.71.